The third-order valence-electron chi connectivity index (χ3n) is 2.90. The molecule has 2 rings (SSSR count). The zero-order chi connectivity index (χ0) is 14.7. The molecule has 0 radical (unpaired) electrons. The average molecular weight is 306 g/mol. The number of amides is 1. The van der Waals surface area contributed by atoms with Crippen molar-refractivity contribution in [1.82, 2.24) is 4.90 Å². The molecule has 0 saturated carbocycles. The van der Waals surface area contributed by atoms with Crippen molar-refractivity contribution in [3.8, 4) is 0 Å². The van der Waals surface area contributed by atoms with E-state index in [1.54, 1.807) is 0 Å². The van der Waals surface area contributed by atoms with E-state index in [4.69, 9.17) is 12.2 Å². The van der Waals surface area contributed by atoms with Crippen LogP contribution < -0.4 is 0 Å². The van der Waals surface area contributed by atoms with Crippen LogP contribution in [0, 0.1) is 0 Å². The molecule has 1 aliphatic rings. The number of ketones is 1. The van der Waals surface area contributed by atoms with Crippen LogP contribution in [0.3, 0.4) is 0 Å². The molecule has 0 unspecified atom stereocenters. The van der Waals surface area contributed by atoms with Crippen molar-refractivity contribution in [2.24, 2.45) is 4.99 Å². The minimum atomic E-state index is -0.651. The number of thioether (sulfide) groups is 1. The number of nitrogens with zero attached hydrogens (tertiary/aromatic N) is 2. The van der Waals surface area contributed by atoms with Crippen LogP contribution >= 0.6 is 24.0 Å². The number of aliphatic imine (C=N–C) groups is 1. The van der Waals surface area contributed by atoms with Gasteiger partial charge in [-0.3, -0.25) is 19.5 Å². The molecule has 0 aliphatic carbocycles. The maximum atomic E-state index is 12.1. The van der Waals surface area contributed by atoms with Crippen LogP contribution in [-0.2, 0) is 9.59 Å². The summed E-state index contributed by atoms with van der Waals surface area (Å²) in [4.78, 5) is 29.7. The van der Waals surface area contributed by atoms with E-state index < -0.39 is 6.04 Å². The first-order valence-electron chi connectivity index (χ1n) is 6.21. The molecule has 0 bridgehead atoms. The third-order valence-corrected chi connectivity index (χ3v) is 4.23. The van der Waals surface area contributed by atoms with Gasteiger partial charge in [-0.15, -0.1) is 0 Å². The van der Waals surface area contributed by atoms with E-state index >= 15 is 0 Å². The second-order valence-corrected chi connectivity index (χ2v) is 5.90. The predicted molar refractivity (Wildman–Crippen MR) is 84.9 cm³/mol. The highest BCUT2D eigenvalue weighted by atomic mass is 32.2. The molecule has 0 aromatic heterocycles. The predicted octanol–water partition coefficient (Wildman–Crippen LogP) is 2.60. The fraction of sp³-hybridized carbons (Fsp3) is 0.286. The standard InChI is InChI=1S/C14H14N2O2S2/c1-3-16-13(18)12(20-14(16)19)15-11(9(2)17)10-7-5-4-6-8-10/h4-8,11H,3H2,1-2H3/t11-/m0/s1. The monoisotopic (exact) mass is 306 g/mol. The molecule has 104 valence electrons. The largest absolute Gasteiger partial charge is 0.297 e. The molecule has 0 spiro atoms. The summed E-state index contributed by atoms with van der Waals surface area (Å²) in [5.41, 5.74) is 0.779. The molecule has 1 saturated heterocycles. The first-order valence-corrected chi connectivity index (χ1v) is 7.44. The summed E-state index contributed by atoms with van der Waals surface area (Å²) < 4.78 is 0.492. The number of thiocarbonyl (C=S) groups is 1. The van der Waals surface area contributed by atoms with Gasteiger partial charge in [0, 0.05) is 6.54 Å². The lowest BCUT2D eigenvalue weighted by Crippen LogP contribution is -2.29. The highest BCUT2D eigenvalue weighted by Gasteiger charge is 2.33. The van der Waals surface area contributed by atoms with E-state index in [1.165, 1.54) is 11.8 Å². The maximum absolute atomic E-state index is 12.1. The van der Waals surface area contributed by atoms with E-state index in [0.717, 1.165) is 17.3 Å². The number of hydrogen-bond donors (Lipinski definition) is 0. The molecule has 4 nitrogen and oxygen atoms in total. The minimum Gasteiger partial charge on any atom is -0.297 e. The number of carbonyl (C=O) groups excluding carboxylic acids is 2. The molecule has 1 aromatic rings. The Kier molecular flexibility index (Phi) is 4.67. The summed E-state index contributed by atoms with van der Waals surface area (Å²) in [5, 5.41) is 0.293. The summed E-state index contributed by atoms with van der Waals surface area (Å²) in [6, 6.07) is 8.57. The van der Waals surface area contributed by atoms with Gasteiger partial charge in [-0.25, -0.2) is 0 Å². The summed E-state index contributed by atoms with van der Waals surface area (Å²) >= 11 is 6.28. The Bertz CT molecular complexity index is 584. The zero-order valence-electron chi connectivity index (χ0n) is 11.2. The summed E-state index contributed by atoms with van der Waals surface area (Å²) in [6.45, 7) is 3.84. The highest BCUT2D eigenvalue weighted by molar-refractivity contribution is 8.35. The fourth-order valence-corrected chi connectivity index (χ4v) is 3.18. The van der Waals surface area contributed by atoms with Crippen molar-refractivity contribution in [1.29, 1.82) is 0 Å². The first kappa shape index (κ1) is 14.9. The average Bonchev–Trinajstić information content (AvgIpc) is 2.70. The molecule has 1 atom stereocenters. The lowest BCUT2D eigenvalue weighted by Gasteiger charge is -2.11. The van der Waals surface area contributed by atoms with Gasteiger partial charge in [0.05, 0.1) is 0 Å². The molecular weight excluding hydrogens is 292 g/mol. The molecule has 6 heteroatoms. The van der Waals surface area contributed by atoms with Gasteiger partial charge in [0.15, 0.2) is 10.8 Å². The molecular formula is C14H14N2O2S2. The van der Waals surface area contributed by atoms with Gasteiger partial charge in [0.25, 0.3) is 5.91 Å². The van der Waals surface area contributed by atoms with E-state index in [1.807, 2.05) is 37.3 Å². The van der Waals surface area contributed by atoms with Crippen molar-refractivity contribution in [2.45, 2.75) is 19.9 Å². The van der Waals surface area contributed by atoms with Crippen LogP contribution in [0.4, 0.5) is 0 Å². The van der Waals surface area contributed by atoms with Crippen LogP contribution in [0.1, 0.15) is 25.5 Å². The SMILES string of the molecule is CCN1C(=O)C(=N[C@@H](C(C)=O)c2ccccc2)SC1=S. The van der Waals surface area contributed by atoms with Gasteiger partial charge in [-0.2, -0.15) is 0 Å². The van der Waals surface area contributed by atoms with Gasteiger partial charge in [0.1, 0.15) is 10.4 Å². The maximum Gasteiger partial charge on any atom is 0.284 e. The second kappa shape index (κ2) is 6.28. The van der Waals surface area contributed by atoms with E-state index in [0.29, 0.717) is 15.9 Å². The van der Waals surface area contributed by atoms with E-state index in [9.17, 15) is 9.59 Å². The molecule has 1 heterocycles. The van der Waals surface area contributed by atoms with Gasteiger partial charge >= 0.3 is 0 Å². The normalized spacial score (nSPS) is 18.7. The van der Waals surface area contributed by atoms with Crippen molar-refractivity contribution in [3.63, 3.8) is 0 Å². The molecule has 0 N–H and O–H groups in total. The molecule has 1 amide bonds. The Hall–Kier alpha value is -1.53. The quantitative estimate of drug-likeness (QED) is 0.802. The molecule has 1 aromatic carbocycles. The molecule has 1 aliphatic heterocycles. The van der Waals surface area contributed by atoms with E-state index in [2.05, 4.69) is 4.99 Å². The minimum absolute atomic E-state index is 0.0991. The van der Waals surface area contributed by atoms with Crippen molar-refractivity contribution in [2.75, 3.05) is 6.54 Å². The van der Waals surface area contributed by atoms with Crippen molar-refractivity contribution < 1.29 is 9.59 Å². The summed E-state index contributed by atoms with van der Waals surface area (Å²) in [7, 11) is 0. The number of Topliss-reactive ketones (excluding diaryl/α,β-unsaturated/α-hetero) is 1. The topological polar surface area (TPSA) is 49.7 Å². The second-order valence-electron chi connectivity index (χ2n) is 4.28. The number of hydrogen-bond acceptors (Lipinski definition) is 5. The summed E-state index contributed by atoms with van der Waals surface area (Å²) in [5.74, 6) is -0.317. The van der Waals surface area contributed by atoms with Crippen molar-refractivity contribution >= 4 is 45.0 Å². The number of benzene rings is 1. The van der Waals surface area contributed by atoms with Gasteiger partial charge in [-0.1, -0.05) is 42.5 Å². The molecule has 20 heavy (non-hydrogen) atoms. The summed E-state index contributed by atoms with van der Waals surface area (Å²) in [6.07, 6.45) is 0. The number of rotatable bonds is 4. The smallest absolute Gasteiger partial charge is 0.284 e. The van der Waals surface area contributed by atoms with E-state index in [-0.39, 0.29) is 11.7 Å². The lowest BCUT2D eigenvalue weighted by molar-refractivity contribution is -0.119. The van der Waals surface area contributed by atoms with Gasteiger partial charge < -0.3 is 0 Å². The van der Waals surface area contributed by atoms with Crippen LogP contribution in [0.2, 0.25) is 0 Å². The van der Waals surface area contributed by atoms with Crippen LogP contribution in [0.5, 0.6) is 0 Å². The Morgan fingerprint density at radius 3 is 2.55 bits per heavy atom. The number of carbonyl (C=O) groups is 2. The van der Waals surface area contributed by atoms with Crippen LogP contribution in [0.25, 0.3) is 0 Å². The Morgan fingerprint density at radius 2 is 2.05 bits per heavy atom. The molecule has 1 fully saturated rings. The Labute approximate surface area is 127 Å². The van der Waals surface area contributed by atoms with Crippen LogP contribution in [0.15, 0.2) is 35.3 Å². The zero-order valence-corrected chi connectivity index (χ0v) is 12.8. The lowest BCUT2D eigenvalue weighted by atomic mass is 10.0. The Morgan fingerprint density at radius 1 is 1.40 bits per heavy atom. The fourth-order valence-electron chi connectivity index (χ4n) is 1.89. The van der Waals surface area contributed by atoms with Gasteiger partial charge in [0.2, 0.25) is 0 Å². The first-order chi connectivity index (χ1) is 9.54. The van der Waals surface area contributed by atoms with Crippen molar-refractivity contribution in [3.05, 3.63) is 35.9 Å². The van der Waals surface area contributed by atoms with Crippen LogP contribution in [-0.4, -0.2) is 32.5 Å². The highest BCUT2D eigenvalue weighted by Crippen LogP contribution is 2.27. The third kappa shape index (κ3) is 2.96. The Balaban J connectivity index is 2.34. The van der Waals surface area contributed by atoms with Gasteiger partial charge in [-0.05, 0) is 31.2 Å².